The molecule has 1 aromatic rings. The van der Waals surface area contributed by atoms with Crippen molar-refractivity contribution in [2.75, 3.05) is 5.32 Å². The summed E-state index contributed by atoms with van der Waals surface area (Å²) >= 11 is 0. The lowest BCUT2D eigenvalue weighted by Crippen LogP contribution is -2.27. The van der Waals surface area contributed by atoms with Crippen molar-refractivity contribution in [1.29, 1.82) is 0 Å². The first-order valence-corrected chi connectivity index (χ1v) is 6.89. The molecule has 0 aliphatic carbocycles. The monoisotopic (exact) mass is 294 g/mol. The zero-order valence-corrected chi connectivity index (χ0v) is 12.8. The van der Waals surface area contributed by atoms with Crippen LogP contribution in [0.1, 0.15) is 39.7 Å². The highest BCUT2D eigenvalue weighted by atomic mass is 16.6. The van der Waals surface area contributed by atoms with Crippen LogP contribution in [0.5, 0.6) is 0 Å². The third kappa shape index (κ3) is 6.25. The summed E-state index contributed by atoms with van der Waals surface area (Å²) in [4.78, 5) is 26.7. The van der Waals surface area contributed by atoms with Crippen LogP contribution in [0.4, 0.5) is 10.6 Å². The minimum atomic E-state index is -0.812. The van der Waals surface area contributed by atoms with Gasteiger partial charge in [0, 0.05) is 6.20 Å². The molecule has 1 atom stereocenters. The Balaban J connectivity index is 2.62. The number of ether oxygens (including phenoxy) is 1. The highest BCUT2D eigenvalue weighted by Crippen LogP contribution is 2.14. The van der Waals surface area contributed by atoms with Gasteiger partial charge in [-0.25, -0.2) is 9.78 Å². The first-order chi connectivity index (χ1) is 9.71. The van der Waals surface area contributed by atoms with Gasteiger partial charge in [0.05, 0.1) is 5.92 Å². The Morgan fingerprint density at radius 3 is 2.48 bits per heavy atom. The number of carbonyl (C=O) groups is 2. The second-order valence-corrected chi connectivity index (χ2v) is 5.83. The highest BCUT2D eigenvalue weighted by Gasteiger charge is 2.17. The van der Waals surface area contributed by atoms with E-state index in [0.717, 1.165) is 5.56 Å². The van der Waals surface area contributed by atoms with E-state index >= 15 is 0 Å². The fourth-order valence-corrected chi connectivity index (χ4v) is 1.72. The normalized spacial score (nSPS) is 12.6. The summed E-state index contributed by atoms with van der Waals surface area (Å²) in [6, 6.07) is 3.39. The van der Waals surface area contributed by atoms with E-state index in [9.17, 15) is 9.59 Å². The van der Waals surface area contributed by atoms with Crippen molar-refractivity contribution in [2.24, 2.45) is 5.92 Å². The number of rotatable bonds is 5. The van der Waals surface area contributed by atoms with Gasteiger partial charge in [-0.05, 0) is 45.2 Å². The number of nitrogens with one attached hydrogen (secondary N) is 1. The summed E-state index contributed by atoms with van der Waals surface area (Å²) in [6.07, 6.45) is 1.98. The number of hydrogen-bond acceptors (Lipinski definition) is 4. The van der Waals surface area contributed by atoms with E-state index in [1.54, 1.807) is 39.1 Å². The summed E-state index contributed by atoms with van der Waals surface area (Å²) in [5, 5.41) is 11.5. The third-order valence-electron chi connectivity index (χ3n) is 2.78. The second kappa shape index (κ2) is 7.06. The van der Waals surface area contributed by atoms with Crippen LogP contribution in [-0.2, 0) is 16.0 Å². The second-order valence-electron chi connectivity index (χ2n) is 5.83. The minimum absolute atomic E-state index is 0.372. The van der Waals surface area contributed by atoms with E-state index in [1.165, 1.54) is 0 Å². The molecule has 0 aliphatic heterocycles. The van der Waals surface area contributed by atoms with Crippen molar-refractivity contribution in [3.8, 4) is 0 Å². The lowest BCUT2D eigenvalue weighted by Gasteiger charge is -2.19. The number of hydrogen-bond donors (Lipinski definition) is 2. The van der Waals surface area contributed by atoms with Crippen molar-refractivity contribution < 1.29 is 19.4 Å². The van der Waals surface area contributed by atoms with Crippen molar-refractivity contribution >= 4 is 17.9 Å². The summed E-state index contributed by atoms with van der Waals surface area (Å²) in [5.41, 5.74) is 0.249. The average Bonchev–Trinajstić information content (AvgIpc) is 2.35. The van der Waals surface area contributed by atoms with Gasteiger partial charge in [-0.3, -0.25) is 10.1 Å². The van der Waals surface area contributed by atoms with E-state index in [1.807, 2.05) is 6.92 Å². The topological polar surface area (TPSA) is 88.5 Å². The predicted molar refractivity (Wildman–Crippen MR) is 79.2 cm³/mol. The van der Waals surface area contributed by atoms with Crippen LogP contribution in [0.3, 0.4) is 0 Å². The van der Waals surface area contributed by atoms with Crippen molar-refractivity contribution in [2.45, 2.75) is 46.1 Å². The Bertz CT molecular complexity index is 491. The van der Waals surface area contributed by atoms with Gasteiger partial charge >= 0.3 is 12.1 Å². The molecule has 116 valence electrons. The molecule has 0 radical (unpaired) electrons. The number of anilines is 1. The van der Waals surface area contributed by atoms with E-state index in [0.29, 0.717) is 18.7 Å². The summed E-state index contributed by atoms with van der Waals surface area (Å²) in [7, 11) is 0. The molecule has 1 heterocycles. The maximum absolute atomic E-state index is 11.6. The summed E-state index contributed by atoms with van der Waals surface area (Å²) in [5.74, 6) is -0.860. The van der Waals surface area contributed by atoms with E-state index in [2.05, 4.69) is 10.3 Å². The van der Waals surface area contributed by atoms with Gasteiger partial charge in [0.2, 0.25) is 0 Å². The maximum Gasteiger partial charge on any atom is 0.413 e. The van der Waals surface area contributed by atoms with Crippen LogP contribution >= 0.6 is 0 Å². The number of carbonyl (C=O) groups excluding carboxylic acids is 1. The first-order valence-electron chi connectivity index (χ1n) is 6.89. The first kappa shape index (κ1) is 16.9. The fourth-order valence-electron chi connectivity index (χ4n) is 1.72. The quantitative estimate of drug-likeness (QED) is 0.871. The van der Waals surface area contributed by atoms with Gasteiger partial charge in [0.1, 0.15) is 11.4 Å². The molecule has 0 fully saturated rings. The number of pyridine rings is 1. The van der Waals surface area contributed by atoms with Crippen LogP contribution in [-0.4, -0.2) is 27.8 Å². The zero-order chi connectivity index (χ0) is 16.0. The molecule has 1 aromatic heterocycles. The van der Waals surface area contributed by atoms with Gasteiger partial charge in [-0.1, -0.05) is 13.0 Å². The lowest BCUT2D eigenvalue weighted by molar-refractivity contribution is -0.141. The molecule has 1 amide bonds. The van der Waals surface area contributed by atoms with Gasteiger partial charge in [-0.2, -0.15) is 0 Å². The Hall–Kier alpha value is -2.11. The molecule has 6 nitrogen and oxygen atoms in total. The van der Waals surface area contributed by atoms with Crippen LogP contribution < -0.4 is 5.32 Å². The molecule has 0 aromatic carbocycles. The number of nitrogens with zero attached hydrogens (tertiary/aromatic N) is 1. The molecule has 0 spiro atoms. The van der Waals surface area contributed by atoms with E-state index < -0.39 is 23.6 Å². The number of carboxylic acids is 1. The van der Waals surface area contributed by atoms with Gasteiger partial charge < -0.3 is 9.84 Å². The minimum Gasteiger partial charge on any atom is -0.481 e. The molecular weight excluding hydrogens is 272 g/mol. The number of aliphatic carboxylic acids is 1. The van der Waals surface area contributed by atoms with Crippen LogP contribution in [0.15, 0.2) is 18.3 Å². The van der Waals surface area contributed by atoms with Crippen molar-refractivity contribution in [3.63, 3.8) is 0 Å². The highest BCUT2D eigenvalue weighted by molar-refractivity contribution is 5.83. The predicted octanol–water partition coefficient (Wildman–Crippen LogP) is 3.08. The van der Waals surface area contributed by atoms with Crippen molar-refractivity contribution in [3.05, 3.63) is 23.9 Å². The standard InChI is InChI=1S/C15H22N2O4/c1-5-11(13(18)19)8-10-6-7-12(16-9-10)17-14(20)21-15(2,3)4/h6-7,9,11H,5,8H2,1-4H3,(H,18,19)(H,16,17,20). The van der Waals surface area contributed by atoms with Crippen LogP contribution in [0.25, 0.3) is 0 Å². The molecule has 0 aliphatic rings. The zero-order valence-electron chi connectivity index (χ0n) is 12.8. The Morgan fingerprint density at radius 2 is 2.05 bits per heavy atom. The Morgan fingerprint density at radius 1 is 1.38 bits per heavy atom. The Labute approximate surface area is 124 Å². The lowest BCUT2D eigenvalue weighted by atomic mass is 9.98. The summed E-state index contributed by atoms with van der Waals surface area (Å²) in [6.45, 7) is 7.17. The SMILES string of the molecule is CCC(Cc1ccc(NC(=O)OC(C)(C)C)nc1)C(=O)O. The molecule has 21 heavy (non-hydrogen) atoms. The molecule has 1 rings (SSSR count). The van der Waals surface area contributed by atoms with Crippen LogP contribution in [0, 0.1) is 5.92 Å². The number of carboxylic acid groups (broad SMARTS) is 1. The molecule has 6 heteroatoms. The fraction of sp³-hybridized carbons (Fsp3) is 0.533. The largest absolute Gasteiger partial charge is 0.481 e. The van der Waals surface area contributed by atoms with E-state index in [-0.39, 0.29) is 0 Å². The van der Waals surface area contributed by atoms with Gasteiger partial charge in [0.15, 0.2) is 0 Å². The smallest absolute Gasteiger partial charge is 0.413 e. The number of aromatic nitrogens is 1. The average molecular weight is 294 g/mol. The molecule has 0 saturated carbocycles. The van der Waals surface area contributed by atoms with Crippen molar-refractivity contribution in [1.82, 2.24) is 4.98 Å². The molecule has 0 saturated heterocycles. The maximum atomic E-state index is 11.6. The molecular formula is C15H22N2O4. The molecule has 0 bridgehead atoms. The Kier molecular flexibility index (Phi) is 5.69. The molecule has 2 N–H and O–H groups in total. The van der Waals surface area contributed by atoms with Gasteiger partial charge in [0.25, 0.3) is 0 Å². The van der Waals surface area contributed by atoms with Crippen LogP contribution in [0.2, 0.25) is 0 Å². The van der Waals surface area contributed by atoms with E-state index in [4.69, 9.17) is 9.84 Å². The summed E-state index contributed by atoms with van der Waals surface area (Å²) < 4.78 is 5.12. The number of amides is 1. The third-order valence-corrected chi connectivity index (χ3v) is 2.78. The van der Waals surface area contributed by atoms with Gasteiger partial charge in [-0.15, -0.1) is 0 Å². The molecule has 1 unspecified atom stereocenters.